The Labute approximate surface area is 124 Å². The zero-order valence-corrected chi connectivity index (χ0v) is 13.6. The summed E-state index contributed by atoms with van der Waals surface area (Å²) in [5.74, 6) is 0.665. The Morgan fingerprint density at radius 1 is 1.44 bits per heavy atom. The van der Waals surface area contributed by atoms with Crippen molar-refractivity contribution in [2.75, 3.05) is 20.1 Å². The first-order valence-electron chi connectivity index (χ1n) is 6.34. The Balaban J connectivity index is 2.88. The van der Waals surface area contributed by atoms with Crippen LogP contribution in [0, 0.1) is 5.92 Å². The Bertz CT molecular complexity index is 384. The summed E-state index contributed by atoms with van der Waals surface area (Å²) in [6.45, 7) is 6.08. The summed E-state index contributed by atoms with van der Waals surface area (Å²) in [6.07, 6.45) is 1.18. The minimum Gasteiger partial charge on any atom is -0.329 e. The molecule has 2 N–H and O–H groups in total. The van der Waals surface area contributed by atoms with Gasteiger partial charge in [-0.15, -0.1) is 0 Å². The van der Waals surface area contributed by atoms with Crippen molar-refractivity contribution >= 4 is 27.5 Å². The van der Waals surface area contributed by atoms with Crippen LogP contribution in [0.5, 0.6) is 0 Å². The molecule has 0 aliphatic rings. The first kappa shape index (κ1) is 16.0. The maximum atomic E-state index is 6.31. The molecular weight excluding hydrogens is 312 g/mol. The largest absolute Gasteiger partial charge is 0.329 e. The quantitative estimate of drug-likeness (QED) is 0.850. The molecule has 0 fully saturated rings. The van der Waals surface area contributed by atoms with Gasteiger partial charge in [-0.3, -0.25) is 4.90 Å². The van der Waals surface area contributed by atoms with E-state index in [0.717, 1.165) is 21.6 Å². The van der Waals surface area contributed by atoms with E-state index in [2.05, 4.69) is 47.8 Å². The van der Waals surface area contributed by atoms with Gasteiger partial charge in [0.1, 0.15) is 0 Å². The highest BCUT2D eigenvalue weighted by molar-refractivity contribution is 9.10. The molecular formula is C14H22BrClN2. The molecule has 1 rings (SSSR count). The lowest BCUT2D eigenvalue weighted by Gasteiger charge is -2.30. The number of benzene rings is 1. The van der Waals surface area contributed by atoms with Crippen LogP contribution in [0.3, 0.4) is 0 Å². The Hall–Kier alpha value is -0.0900. The van der Waals surface area contributed by atoms with E-state index in [-0.39, 0.29) is 6.04 Å². The van der Waals surface area contributed by atoms with E-state index in [0.29, 0.717) is 12.5 Å². The molecule has 0 saturated carbocycles. The molecule has 102 valence electrons. The molecule has 0 saturated heterocycles. The van der Waals surface area contributed by atoms with Crippen molar-refractivity contribution in [1.29, 1.82) is 0 Å². The van der Waals surface area contributed by atoms with Gasteiger partial charge in [0.15, 0.2) is 0 Å². The van der Waals surface area contributed by atoms with Crippen molar-refractivity contribution in [3.63, 3.8) is 0 Å². The fourth-order valence-corrected chi connectivity index (χ4v) is 2.86. The third-order valence-corrected chi connectivity index (χ3v) is 4.19. The molecule has 2 atom stereocenters. The maximum Gasteiger partial charge on any atom is 0.0482 e. The summed E-state index contributed by atoms with van der Waals surface area (Å²) >= 11 is 9.73. The molecule has 0 aromatic heterocycles. The highest BCUT2D eigenvalue weighted by Gasteiger charge is 2.19. The van der Waals surface area contributed by atoms with E-state index in [1.54, 1.807) is 0 Å². The fourth-order valence-electron chi connectivity index (χ4n) is 2.06. The SMILES string of the molecule is CCC(C)CN(C)C(CN)c1ccc(Br)cc1Cl. The van der Waals surface area contributed by atoms with E-state index in [9.17, 15) is 0 Å². The second kappa shape index (κ2) is 7.49. The molecule has 18 heavy (non-hydrogen) atoms. The maximum absolute atomic E-state index is 6.31. The van der Waals surface area contributed by atoms with Crippen LogP contribution in [0.4, 0.5) is 0 Å². The van der Waals surface area contributed by atoms with Gasteiger partial charge in [-0.2, -0.15) is 0 Å². The lowest BCUT2D eigenvalue weighted by molar-refractivity contribution is 0.215. The van der Waals surface area contributed by atoms with Crippen molar-refractivity contribution < 1.29 is 0 Å². The van der Waals surface area contributed by atoms with Gasteiger partial charge in [0.25, 0.3) is 0 Å². The summed E-state index contributed by atoms with van der Waals surface area (Å²) in [5, 5.41) is 0.774. The van der Waals surface area contributed by atoms with Gasteiger partial charge >= 0.3 is 0 Å². The van der Waals surface area contributed by atoms with Gasteiger partial charge in [-0.1, -0.05) is 53.9 Å². The van der Waals surface area contributed by atoms with Gasteiger partial charge in [-0.25, -0.2) is 0 Å². The van der Waals surface area contributed by atoms with Crippen LogP contribution >= 0.6 is 27.5 Å². The number of nitrogens with two attached hydrogens (primary N) is 1. The van der Waals surface area contributed by atoms with E-state index >= 15 is 0 Å². The summed E-state index contributed by atoms with van der Waals surface area (Å²) in [5.41, 5.74) is 7.02. The van der Waals surface area contributed by atoms with Crippen LogP contribution < -0.4 is 5.73 Å². The van der Waals surface area contributed by atoms with Crippen molar-refractivity contribution in [1.82, 2.24) is 4.90 Å². The van der Waals surface area contributed by atoms with Crippen molar-refractivity contribution in [3.8, 4) is 0 Å². The number of halogens is 2. The average molecular weight is 334 g/mol. The monoisotopic (exact) mass is 332 g/mol. The summed E-state index contributed by atoms with van der Waals surface area (Å²) in [4.78, 5) is 2.29. The highest BCUT2D eigenvalue weighted by atomic mass is 79.9. The van der Waals surface area contributed by atoms with Crippen molar-refractivity contribution in [2.45, 2.75) is 26.3 Å². The van der Waals surface area contributed by atoms with Gasteiger partial charge in [-0.05, 0) is 30.7 Å². The van der Waals surface area contributed by atoms with Crippen molar-refractivity contribution in [3.05, 3.63) is 33.3 Å². The first-order valence-corrected chi connectivity index (χ1v) is 7.51. The molecule has 4 heteroatoms. The predicted octanol–water partition coefficient (Wildman–Crippen LogP) is 4.08. The van der Waals surface area contributed by atoms with Gasteiger partial charge in [0.05, 0.1) is 0 Å². The number of hydrogen-bond acceptors (Lipinski definition) is 2. The van der Waals surface area contributed by atoms with Crippen LogP contribution in [-0.2, 0) is 0 Å². The average Bonchev–Trinajstić information content (AvgIpc) is 2.32. The van der Waals surface area contributed by atoms with Crippen LogP contribution in [-0.4, -0.2) is 25.0 Å². The Kier molecular flexibility index (Phi) is 6.64. The Morgan fingerprint density at radius 2 is 2.11 bits per heavy atom. The highest BCUT2D eigenvalue weighted by Crippen LogP contribution is 2.29. The van der Waals surface area contributed by atoms with Crippen LogP contribution in [0.15, 0.2) is 22.7 Å². The molecule has 1 aromatic carbocycles. The molecule has 0 bridgehead atoms. The smallest absolute Gasteiger partial charge is 0.0482 e. The zero-order chi connectivity index (χ0) is 13.7. The van der Waals surface area contributed by atoms with Gasteiger partial charge in [0.2, 0.25) is 0 Å². The molecule has 2 nitrogen and oxygen atoms in total. The molecule has 0 heterocycles. The third kappa shape index (κ3) is 4.23. The van der Waals surface area contributed by atoms with Crippen molar-refractivity contribution in [2.24, 2.45) is 11.7 Å². The predicted molar refractivity (Wildman–Crippen MR) is 83.0 cm³/mol. The first-order chi connectivity index (χ1) is 8.49. The van der Waals surface area contributed by atoms with Gasteiger partial charge in [0, 0.05) is 28.6 Å². The zero-order valence-electron chi connectivity index (χ0n) is 11.3. The van der Waals surface area contributed by atoms with Crippen LogP contribution in [0.2, 0.25) is 5.02 Å². The molecule has 0 radical (unpaired) electrons. The summed E-state index contributed by atoms with van der Waals surface area (Å²) in [6, 6.07) is 6.17. The summed E-state index contributed by atoms with van der Waals surface area (Å²) in [7, 11) is 2.11. The molecule has 0 aliphatic carbocycles. The second-order valence-electron chi connectivity index (χ2n) is 4.87. The minimum atomic E-state index is 0.180. The molecule has 0 aliphatic heterocycles. The minimum absolute atomic E-state index is 0.180. The number of rotatable bonds is 6. The van der Waals surface area contributed by atoms with E-state index in [1.165, 1.54) is 6.42 Å². The third-order valence-electron chi connectivity index (χ3n) is 3.37. The van der Waals surface area contributed by atoms with E-state index < -0.39 is 0 Å². The standard InChI is InChI=1S/C14H22BrClN2/c1-4-10(2)9-18(3)14(8-17)12-6-5-11(15)7-13(12)16/h5-7,10,14H,4,8-9,17H2,1-3H3. The van der Waals surface area contributed by atoms with E-state index in [4.69, 9.17) is 17.3 Å². The second-order valence-corrected chi connectivity index (χ2v) is 6.19. The molecule has 0 spiro atoms. The topological polar surface area (TPSA) is 29.3 Å². The molecule has 0 amide bonds. The lowest BCUT2D eigenvalue weighted by Crippen LogP contribution is -2.33. The number of nitrogens with zero attached hydrogens (tertiary/aromatic N) is 1. The fraction of sp³-hybridized carbons (Fsp3) is 0.571. The van der Waals surface area contributed by atoms with Gasteiger partial charge < -0.3 is 5.73 Å². The molecule has 1 aromatic rings. The number of likely N-dealkylation sites (N-methyl/N-ethyl adjacent to an activating group) is 1. The number of hydrogen-bond donors (Lipinski definition) is 1. The van der Waals surface area contributed by atoms with E-state index in [1.807, 2.05) is 12.1 Å². The summed E-state index contributed by atoms with van der Waals surface area (Å²) < 4.78 is 0.997. The lowest BCUT2D eigenvalue weighted by atomic mass is 10.0. The van der Waals surface area contributed by atoms with Crippen LogP contribution in [0.25, 0.3) is 0 Å². The Morgan fingerprint density at radius 3 is 2.61 bits per heavy atom. The molecule has 2 unspecified atom stereocenters. The normalized spacial score (nSPS) is 14.8. The van der Waals surface area contributed by atoms with Crippen LogP contribution in [0.1, 0.15) is 31.9 Å².